The Morgan fingerprint density at radius 1 is 1.11 bits per heavy atom. The van der Waals surface area contributed by atoms with Crippen LogP contribution in [0.2, 0.25) is 0 Å². The van der Waals surface area contributed by atoms with Gasteiger partial charge in [-0.15, -0.1) is 0 Å². The molecule has 0 radical (unpaired) electrons. The predicted molar refractivity (Wildman–Crippen MR) is 75.9 cm³/mol. The van der Waals surface area contributed by atoms with E-state index in [0.717, 1.165) is 29.9 Å². The number of rotatable bonds is 6. The number of furan rings is 1. The summed E-state index contributed by atoms with van der Waals surface area (Å²) >= 11 is 0. The number of nitrogens with zero attached hydrogens (tertiary/aromatic N) is 1. The van der Waals surface area contributed by atoms with Crippen molar-refractivity contribution in [1.29, 1.82) is 0 Å². The average molecular weight is 257 g/mol. The highest BCUT2D eigenvalue weighted by Gasteiger charge is 2.05. The van der Waals surface area contributed by atoms with Crippen molar-refractivity contribution in [2.75, 3.05) is 14.1 Å². The van der Waals surface area contributed by atoms with Gasteiger partial charge in [0.1, 0.15) is 17.8 Å². The lowest BCUT2D eigenvalue weighted by Crippen LogP contribution is -2.10. The maximum Gasteiger partial charge on any atom is 0.134 e. The van der Waals surface area contributed by atoms with Crippen LogP contribution in [0.1, 0.15) is 17.7 Å². The van der Waals surface area contributed by atoms with E-state index in [1.807, 2.05) is 12.1 Å². The van der Waals surface area contributed by atoms with Crippen molar-refractivity contribution >= 4 is 6.29 Å². The fraction of sp³-hybridized carbons (Fsp3) is 0.312. The van der Waals surface area contributed by atoms with Crippen LogP contribution in [-0.4, -0.2) is 25.3 Å². The van der Waals surface area contributed by atoms with Gasteiger partial charge in [0.15, 0.2) is 0 Å². The van der Waals surface area contributed by atoms with Gasteiger partial charge in [-0.05, 0) is 31.8 Å². The van der Waals surface area contributed by atoms with Gasteiger partial charge in [-0.3, -0.25) is 0 Å². The first-order valence-corrected chi connectivity index (χ1v) is 6.45. The number of aryl methyl sites for hydroxylation is 1. The Labute approximate surface area is 113 Å². The second-order valence-corrected chi connectivity index (χ2v) is 4.91. The fourth-order valence-electron chi connectivity index (χ4n) is 2.01. The predicted octanol–water partition coefficient (Wildman–Crippen LogP) is 3.14. The van der Waals surface area contributed by atoms with Gasteiger partial charge in [0.05, 0.1) is 0 Å². The van der Waals surface area contributed by atoms with E-state index >= 15 is 0 Å². The summed E-state index contributed by atoms with van der Waals surface area (Å²) in [5.74, 6) is 1.72. The second kappa shape index (κ2) is 6.34. The molecule has 0 saturated heterocycles. The number of benzene rings is 1. The Balaban J connectivity index is 2.08. The Kier molecular flexibility index (Phi) is 4.53. The average Bonchev–Trinajstić information content (AvgIpc) is 2.85. The van der Waals surface area contributed by atoms with Gasteiger partial charge in [0.2, 0.25) is 0 Å². The molecule has 2 aromatic rings. The molecule has 0 fully saturated rings. The normalized spacial score (nSPS) is 10.9. The molecule has 1 aromatic carbocycles. The smallest absolute Gasteiger partial charge is 0.134 e. The molecule has 19 heavy (non-hydrogen) atoms. The van der Waals surface area contributed by atoms with Crippen LogP contribution in [0.5, 0.6) is 0 Å². The number of carbonyl (C=O) groups is 1. The molecule has 0 bridgehead atoms. The molecule has 3 heteroatoms. The molecule has 0 spiro atoms. The molecule has 0 N–H and O–H groups in total. The van der Waals surface area contributed by atoms with E-state index in [9.17, 15) is 4.79 Å². The first-order chi connectivity index (χ1) is 9.19. The van der Waals surface area contributed by atoms with E-state index < -0.39 is 0 Å². The highest BCUT2D eigenvalue weighted by molar-refractivity contribution is 5.58. The van der Waals surface area contributed by atoms with E-state index in [2.05, 4.69) is 43.3 Å². The molecule has 0 unspecified atom stereocenters. The Bertz CT molecular complexity index is 526. The van der Waals surface area contributed by atoms with Gasteiger partial charge in [-0.25, -0.2) is 0 Å². The van der Waals surface area contributed by atoms with Crippen LogP contribution in [0.25, 0.3) is 11.3 Å². The van der Waals surface area contributed by atoms with Gasteiger partial charge in [-0.2, -0.15) is 0 Å². The number of aldehydes is 1. The van der Waals surface area contributed by atoms with Gasteiger partial charge >= 0.3 is 0 Å². The Hall–Kier alpha value is -1.87. The first-order valence-electron chi connectivity index (χ1n) is 6.45. The summed E-state index contributed by atoms with van der Waals surface area (Å²) in [6, 6.07) is 12.3. The third kappa shape index (κ3) is 3.80. The lowest BCUT2D eigenvalue weighted by atomic mass is 10.1. The van der Waals surface area contributed by atoms with Crippen LogP contribution in [-0.2, 0) is 17.8 Å². The van der Waals surface area contributed by atoms with E-state index in [-0.39, 0.29) is 0 Å². The quantitative estimate of drug-likeness (QED) is 0.745. The summed E-state index contributed by atoms with van der Waals surface area (Å²) in [4.78, 5) is 12.5. The summed E-state index contributed by atoms with van der Waals surface area (Å²) in [5.41, 5.74) is 2.35. The van der Waals surface area contributed by atoms with Crippen molar-refractivity contribution in [3.8, 4) is 11.3 Å². The minimum Gasteiger partial charge on any atom is -0.461 e. The van der Waals surface area contributed by atoms with E-state index in [1.165, 1.54) is 5.56 Å². The Morgan fingerprint density at radius 2 is 1.84 bits per heavy atom. The summed E-state index contributed by atoms with van der Waals surface area (Å²) < 4.78 is 5.72. The molecule has 0 atom stereocenters. The third-order valence-electron chi connectivity index (χ3n) is 2.91. The number of hydrogen-bond donors (Lipinski definition) is 0. The molecule has 0 saturated carbocycles. The van der Waals surface area contributed by atoms with E-state index in [0.29, 0.717) is 12.8 Å². The largest absolute Gasteiger partial charge is 0.461 e. The van der Waals surface area contributed by atoms with Gasteiger partial charge in [0.25, 0.3) is 0 Å². The maximum absolute atomic E-state index is 10.3. The van der Waals surface area contributed by atoms with Crippen LogP contribution < -0.4 is 0 Å². The Morgan fingerprint density at radius 3 is 2.47 bits per heavy atom. The molecular weight excluding hydrogens is 238 g/mol. The van der Waals surface area contributed by atoms with Crippen molar-refractivity contribution in [3.05, 3.63) is 47.7 Å². The topological polar surface area (TPSA) is 33.5 Å². The molecule has 0 amide bonds. The zero-order chi connectivity index (χ0) is 13.7. The zero-order valence-electron chi connectivity index (χ0n) is 11.4. The molecule has 0 aliphatic carbocycles. The molecule has 1 aromatic heterocycles. The SMILES string of the molecule is CN(C)Cc1ccc(-c2ccc(CCC=O)o2)cc1. The molecule has 3 nitrogen and oxygen atoms in total. The van der Waals surface area contributed by atoms with Gasteiger partial charge in [0, 0.05) is 24.9 Å². The molecular formula is C16H19NO2. The summed E-state index contributed by atoms with van der Waals surface area (Å²) in [7, 11) is 4.11. The number of hydrogen-bond acceptors (Lipinski definition) is 3. The fourth-order valence-corrected chi connectivity index (χ4v) is 2.01. The first kappa shape index (κ1) is 13.6. The summed E-state index contributed by atoms with van der Waals surface area (Å²) in [6.07, 6.45) is 2.09. The molecule has 1 heterocycles. The molecule has 2 rings (SSSR count). The second-order valence-electron chi connectivity index (χ2n) is 4.91. The molecule has 100 valence electrons. The lowest BCUT2D eigenvalue weighted by molar-refractivity contribution is -0.107. The van der Waals surface area contributed by atoms with Crippen LogP contribution in [0.4, 0.5) is 0 Å². The molecule has 0 aliphatic heterocycles. The monoisotopic (exact) mass is 257 g/mol. The van der Waals surface area contributed by atoms with Crippen molar-refractivity contribution < 1.29 is 9.21 Å². The number of carbonyl (C=O) groups excluding carboxylic acids is 1. The van der Waals surface area contributed by atoms with Crippen LogP contribution >= 0.6 is 0 Å². The van der Waals surface area contributed by atoms with Crippen molar-refractivity contribution in [1.82, 2.24) is 4.90 Å². The van der Waals surface area contributed by atoms with Gasteiger partial charge < -0.3 is 14.1 Å². The zero-order valence-corrected chi connectivity index (χ0v) is 11.4. The summed E-state index contributed by atoms with van der Waals surface area (Å²) in [5, 5.41) is 0. The van der Waals surface area contributed by atoms with E-state index in [4.69, 9.17) is 4.42 Å². The third-order valence-corrected chi connectivity index (χ3v) is 2.91. The minimum absolute atomic E-state index is 0.509. The minimum atomic E-state index is 0.509. The van der Waals surface area contributed by atoms with Crippen molar-refractivity contribution in [2.45, 2.75) is 19.4 Å². The van der Waals surface area contributed by atoms with Crippen LogP contribution in [0, 0.1) is 0 Å². The van der Waals surface area contributed by atoms with Crippen LogP contribution in [0.3, 0.4) is 0 Å². The summed E-state index contributed by atoms with van der Waals surface area (Å²) in [6.45, 7) is 0.934. The standard InChI is InChI=1S/C16H19NO2/c1-17(2)12-13-5-7-14(8-6-13)16-10-9-15(19-16)4-3-11-18/h5-11H,3-4,12H2,1-2H3. The highest BCUT2D eigenvalue weighted by atomic mass is 16.3. The van der Waals surface area contributed by atoms with E-state index in [1.54, 1.807) is 0 Å². The van der Waals surface area contributed by atoms with Gasteiger partial charge in [-0.1, -0.05) is 24.3 Å². The maximum atomic E-state index is 10.3. The van der Waals surface area contributed by atoms with Crippen LogP contribution in [0.15, 0.2) is 40.8 Å². The van der Waals surface area contributed by atoms with Crippen molar-refractivity contribution in [3.63, 3.8) is 0 Å². The highest BCUT2D eigenvalue weighted by Crippen LogP contribution is 2.23. The molecule has 0 aliphatic rings. The van der Waals surface area contributed by atoms with Crippen molar-refractivity contribution in [2.24, 2.45) is 0 Å². The lowest BCUT2D eigenvalue weighted by Gasteiger charge is -2.09.